The van der Waals surface area contributed by atoms with Gasteiger partial charge in [-0.25, -0.2) is 0 Å². The highest BCUT2D eigenvalue weighted by atomic mass is 35.5. The molecule has 1 saturated heterocycles. The molecule has 0 saturated carbocycles. The topological polar surface area (TPSA) is 41.1 Å². The summed E-state index contributed by atoms with van der Waals surface area (Å²) in [6.07, 6.45) is 5.49. The predicted molar refractivity (Wildman–Crippen MR) is 88.3 cm³/mol. The molecule has 0 aliphatic carbocycles. The van der Waals surface area contributed by atoms with Gasteiger partial charge >= 0.3 is 0 Å². The predicted octanol–water partition coefficient (Wildman–Crippen LogP) is 3.17. The van der Waals surface area contributed by atoms with Gasteiger partial charge in [0.1, 0.15) is 0 Å². The monoisotopic (exact) mass is 316 g/mol. The summed E-state index contributed by atoms with van der Waals surface area (Å²) in [5, 5.41) is 6.48. The van der Waals surface area contributed by atoms with Gasteiger partial charge < -0.3 is 10.6 Å². The lowest BCUT2D eigenvalue weighted by atomic mass is 10.1. The number of carbonyl (C=O) groups excluding carboxylic acids is 1. The molecule has 5 heteroatoms. The minimum Gasteiger partial charge on any atom is -0.347 e. The van der Waals surface area contributed by atoms with Crippen LogP contribution in [-0.4, -0.2) is 25.0 Å². The number of rotatable bonds is 5. The summed E-state index contributed by atoms with van der Waals surface area (Å²) in [6.45, 7) is 6.33. The molecule has 0 spiro atoms. The minimum absolute atomic E-state index is 0. The first-order valence-corrected chi connectivity index (χ1v) is 8.19. The number of piperidine rings is 1. The zero-order valence-corrected chi connectivity index (χ0v) is 14.0. The van der Waals surface area contributed by atoms with Crippen molar-refractivity contribution < 1.29 is 4.79 Å². The van der Waals surface area contributed by atoms with Crippen LogP contribution in [0.3, 0.4) is 0 Å². The third-order valence-electron chi connectivity index (χ3n) is 3.61. The van der Waals surface area contributed by atoms with Crippen LogP contribution in [0.1, 0.15) is 53.2 Å². The first-order valence-electron chi connectivity index (χ1n) is 7.37. The zero-order valence-electron chi connectivity index (χ0n) is 12.3. The molecule has 2 rings (SSSR count). The van der Waals surface area contributed by atoms with Gasteiger partial charge in [0.15, 0.2) is 0 Å². The minimum atomic E-state index is 0. The largest absolute Gasteiger partial charge is 0.347 e. The number of amides is 1. The molecule has 1 aromatic heterocycles. The van der Waals surface area contributed by atoms with Crippen LogP contribution >= 0.6 is 23.7 Å². The molecule has 3 nitrogen and oxygen atoms in total. The first-order chi connectivity index (χ1) is 9.24. The van der Waals surface area contributed by atoms with Crippen molar-refractivity contribution in [2.75, 3.05) is 13.1 Å². The summed E-state index contributed by atoms with van der Waals surface area (Å²) in [4.78, 5) is 14.5. The molecule has 20 heavy (non-hydrogen) atoms. The standard InChI is InChI=1S/C15H24N2OS.ClH/c1-3-6-13-11(4-2)9-14(19-13)15(18)17-12-7-5-8-16-10-12;/h9,12,16H,3-8,10H2,1-2H3,(H,17,18);1H. The van der Waals surface area contributed by atoms with Gasteiger partial charge in [0.05, 0.1) is 4.88 Å². The molecule has 0 bridgehead atoms. The first kappa shape index (κ1) is 17.5. The molecule has 1 amide bonds. The Morgan fingerprint density at radius 1 is 1.50 bits per heavy atom. The summed E-state index contributed by atoms with van der Waals surface area (Å²) >= 11 is 1.67. The molecule has 1 aliphatic heterocycles. The number of nitrogens with one attached hydrogen (secondary N) is 2. The lowest BCUT2D eigenvalue weighted by Gasteiger charge is -2.23. The second-order valence-corrected chi connectivity index (χ2v) is 6.32. The van der Waals surface area contributed by atoms with E-state index in [1.54, 1.807) is 11.3 Å². The molecule has 2 heterocycles. The lowest BCUT2D eigenvalue weighted by molar-refractivity contribution is 0.0935. The van der Waals surface area contributed by atoms with E-state index in [1.807, 2.05) is 0 Å². The number of aryl methyl sites for hydroxylation is 2. The number of hydrogen-bond donors (Lipinski definition) is 2. The van der Waals surface area contributed by atoms with Crippen molar-refractivity contribution >= 4 is 29.7 Å². The molecule has 0 aromatic carbocycles. The van der Waals surface area contributed by atoms with Crippen molar-refractivity contribution in [2.45, 2.75) is 52.0 Å². The van der Waals surface area contributed by atoms with Crippen LogP contribution in [0.4, 0.5) is 0 Å². The van der Waals surface area contributed by atoms with Crippen molar-refractivity contribution in [1.82, 2.24) is 10.6 Å². The third kappa shape index (κ3) is 4.47. The van der Waals surface area contributed by atoms with Crippen molar-refractivity contribution in [3.63, 3.8) is 0 Å². The summed E-state index contributed by atoms with van der Waals surface area (Å²) in [5.41, 5.74) is 1.35. The second-order valence-electron chi connectivity index (χ2n) is 5.18. The van der Waals surface area contributed by atoms with Crippen LogP contribution in [0, 0.1) is 0 Å². The maximum absolute atomic E-state index is 12.3. The normalized spacial score (nSPS) is 18.4. The fourth-order valence-electron chi connectivity index (χ4n) is 2.55. The number of carbonyl (C=O) groups is 1. The molecule has 1 fully saturated rings. The summed E-state index contributed by atoms with van der Waals surface area (Å²) in [5.74, 6) is 0.107. The molecule has 1 atom stereocenters. The van der Waals surface area contributed by atoms with E-state index >= 15 is 0 Å². The zero-order chi connectivity index (χ0) is 13.7. The van der Waals surface area contributed by atoms with Crippen LogP contribution in [0.15, 0.2) is 6.07 Å². The van der Waals surface area contributed by atoms with Crippen LogP contribution in [0.25, 0.3) is 0 Å². The Balaban J connectivity index is 0.00000200. The van der Waals surface area contributed by atoms with E-state index in [1.165, 1.54) is 10.4 Å². The summed E-state index contributed by atoms with van der Waals surface area (Å²) in [7, 11) is 0. The highest BCUT2D eigenvalue weighted by Crippen LogP contribution is 2.24. The van der Waals surface area contributed by atoms with Gasteiger partial charge in [-0.3, -0.25) is 4.79 Å². The van der Waals surface area contributed by atoms with Gasteiger partial charge in [-0.1, -0.05) is 20.3 Å². The SMILES string of the molecule is CCCc1sc(C(=O)NC2CCCNC2)cc1CC.Cl. The van der Waals surface area contributed by atoms with E-state index in [9.17, 15) is 4.79 Å². The third-order valence-corrected chi connectivity index (χ3v) is 4.85. The maximum Gasteiger partial charge on any atom is 0.261 e. The Labute approximate surface area is 131 Å². The Kier molecular flexibility index (Phi) is 7.56. The highest BCUT2D eigenvalue weighted by molar-refractivity contribution is 7.14. The molecule has 1 unspecified atom stereocenters. The van der Waals surface area contributed by atoms with E-state index in [2.05, 4.69) is 30.5 Å². The van der Waals surface area contributed by atoms with Crippen LogP contribution < -0.4 is 10.6 Å². The van der Waals surface area contributed by atoms with Crippen molar-refractivity contribution in [1.29, 1.82) is 0 Å². The highest BCUT2D eigenvalue weighted by Gasteiger charge is 2.18. The number of hydrogen-bond acceptors (Lipinski definition) is 3. The number of halogens is 1. The van der Waals surface area contributed by atoms with Crippen LogP contribution in [0.2, 0.25) is 0 Å². The van der Waals surface area contributed by atoms with Crippen molar-refractivity contribution in [2.24, 2.45) is 0 Å². The molecule has 1 aromatic rings. The van der Waals surface area contributed by atoms with E-state index in [0.717, 1.165) is 50.1 Å². The average molecular weight is 317 g/mol. The lowest BCUT2D eigenvalue weighted by Crippen LogP contribution is -2.45. The van der Waals surface area contributed by atoms with E-state index in [4.69, 9.17) is 0 Å². The van der Waals surface area contributed by atoms with Gasteiger partial charge in [-0.05, 0) is 43.9 Å². The maximum atomic E-state index is 12.3. The van der Waals surface area contributed by atoms with E-state index in [-0.39, 0.29) is 18.3 Å². The van der Waals surface area contributed by atoms with Gasteiger partial charge in [0.25, 0.3) is 5.91 Å². The molecule has 114 valence electrons. The Bertz CT molecular complexity index is 428. The van der Waals surface area contributed by atoms with Gasteiger partial charge in [-0.15, -0.1) is 23.7 Å². The smallest absolute Gasteiger partial charge is 0.261 e. The van der Waals surface area contributed by atoms with Gasteiger partial charge in [0, 0.05) is 17.5 Å². The molecule has 0 radical (unpaired) electrons. The Morgan fingerprint density at radius 3 is 2.90 bits per heavy atom. The van der Waals surface area contributed by atoms with Crippen molar-refractivity contribution in [3.05, 3.63) is 21.4 Å². The van der Waals surface area contributed by atoms with E-state index in [0.29, 0.717) is 6.04 Å². The van der Waals surface area contributed by atoms with Gasteiger partial charge in [-0.2, -0.15) is 0 Å². The molecular weight excluding hydrogens is 292 g/mol. The van der Waals surface area contributed by atoms with Gasteiger partial charge in [0.2, 0.25) is 0 Å². The fraction of sp³-hybridized carbons (Fsp3) is 0.667. The average Bonchev–Trinajstić information content (AvgIpc) is 2.83. The van der Waals surface area contributed by atoms with E-state index < -0.39 is 0 Å². The van der Waals surface area contributed by atoms with Crippen molar-refractivity contribution in [3.8, 4) is 0 Å². The molecule has 2 N–H and O–H groups in total. The quantitative estimate of drug-likeness (QED) is 0.876. The number of thiophene rings is 1. The Morgan fingerprint density at radius 2 is 2.30 bits per heavy atom. The van der Waals surface area contributed by atoms with Crippen LogP contribution in [-0.2, 0) is 12.8 Å². The second kappa shape index (κ2) is 8.65. The summed E-state index contributed by atoms with van der Waals surface area (Å²) < 4.78 is 0. The summed E-state index contributed by atoms with van der Waals surface area (Å²) in [6, 6.07) is 2.38. The fourth-order valence-corrected chi connectivity index (χ4v) is 3.81. The Hall–Kier alpha value is -0.580. The molecular formula is C15H25ClN2OS. The van der Waals surface area contributed by atoms with Crippen LogP contribution in [0.5, 0.6) is 0 Å². The molecule has 1 aliphatic rings.